The molecule has 0 bridgehead atoms. The Bertz CT molecular complexity index is 1400. The number of nitrogens with zero attached hydrogens (tertiary/aromatic N) is 1. The van der Waals surface area contributed by atoms with E-state index in [0.29, 0.717) is 21.6 Å². The van der Waals surface area contributed by atoms with Gasteiger partial charge in [-0.2, -0.15) is 0 Å². The minimum atomic E-state index is -0.129. The first kappa shape index (κ1) is 21.9. The summed E-state index contributed by atoms with van der Waals surface area (Å²) in [6, 6.07) is 29.7. The molecule has 1 fully saturated rings. The number of anilines is 1. The van der Waals surface area contributed by atoms with Gasteiger partial charge in [0.1, 0.15) is 12.4 Å². The molecule has 0 atom stereocenters. The minimum Gasteiger partial charge on any atom is -0.488 e. The van der Waals surface area contributed by atoms with E-state index in [1.807, 2.05) is 97.1 Å². The van der Waals surface area contributed by atoms with Crippen LogP contribution in [-0.4, -0.2) is 10.2 Å². The molecule has 3 nitrogen and oxygen atoms in total. The minimum absolute atomic E-state index is 0.129. The zero-order chi connectivity index (χ0) is 22.8. The Balaban J connectivity index is 1.47. The van der Waals surface area contributed by atoms with Crippen molar-refractivity contribution < 1.29 is 9.53 Å². The molecule has 1 amide bonds. The number of carbonyl (C=O) groups excluding carboxylic acids is 1. The number of carbonyl (C=O) groups is 1. The van der Waals surface area contributed by atoms with Gasteiger partial charge in [0, 0.05) is 15.4 Å². The highest BCUT2D eigenvalue weighted by Gasteiger charge is 2.34. The van der Waals surface area contributed by atoms with Crippen LogP contribution in [0.25, 0.3) is 16.8 Å². The van der Waals surface area contributed by atoms with Crippen LogP contribution in [0, 0.1) is 0 Å². The van der Waals surface area contributed by atoms with Crippen molar-refractivity contribution in [1.29, 1.82) is 0 Å². The standard InChI is InChI=1S/C27H18BrNO2S2/c28-21-13-14-24(31-17-18-7-2-1-3-8-18)20(15-21)16-25-26(30)29(27(32)33-25)23-12-6-10-19-9-4-5-11-22(19)23/h1-16H,17H2/b25-16+. The quantitative estimate of drug-likeness (QED) is 0.196. The van der Waals surface area contributed by atoms with Gasteiger partial charge in [-0.1, -0.05) is 107 Å². The number of ether oxygens (including phenoxy) is 1. The van der Waals surface area contributed by atoms with Crippen molar-refractivity contribution in [2.75, 3.05) is 4.90 Å². The van der Waals surface area contributed by atoms with Crippen molar-refractivity contribution >= 4 is 72.7 Å². The first-order valence-corrected chi connectivity index (χ1v) is 12.3. The van der Waals surface area contributed by atoms with E-state index in [4.69, 9.17) is 17.0 Å². The first-order valence-electron chi connectivity index (χ1n) is 10.3. The molecule has 0 spiro atoms. The molecule has 162 valence electrons. The fourth-order valence-electron chi connectivity index (χ4n) is 3.72. The molecule has 4 aromatic rings. The first-order chi connectivity index (χ1) is 16.1. The van der Waals surface area contributed by atoms with Crippen LogP contribution in [0.15, 0.2) is 100 Å². The van der Waals surface area contributed by atoms with Crippen molar-refractivity contribution in [2.24, 2.45) is 0 Å². The van der Waals surface area contributed by atoms with E-state index in [9.17, 15) is 4.79 Å². The molecular weight excluding hydrogens is 514 g/mol. The highest BCUT2D eigenvalue weighted by molar-refractivity contribution is 9.10. The summed E-state index contributed by atoms with van der Waals surface area (Å²) < 4.78 is 7.51. The maximum Gasteiger partial charge on any atom is 0.270 e. The number of hydrogen-bond donors (Lipinski definition) is 0. The second-order valence-electron chi connectivity index (χ2n) is 7.47. The second-order valence-corrected chi connectivity index (χ2v) is 10.1. The number of halogens is 1. The van der Waals surface area contributed by atoms with Gasteiger partial charge in [0.05, 0.1) is 10.6 Å². The van der Waals surface area contributed by atoms with Gasteiger partial charge < -0.3 is 4.74 Å². The number of thioether (sulfide) groups is 1. The Morgan fingerprint density at radius 1 is 0.939 bits per heavy atom. The lowest BCUT2D eigenvalue weighted by molar-refractivity contribution is -0.113. The van der Waals surface area contributed by atoms with Crippen LogP contribution >= 0.6 is 39.9 Å². The summed E-state index contributed by atoms with van der Waals surface area (Å²) in [7, 11) is 0. The molecule has 1 aliphatic heterocycles. The molecule has 4 aromatic carbocycles. The van der Waals surface area contributed by atoms with E-state index >= 15 is 0 Å². The van der Waals surface area contributed by atoms with Gasteiger partial charge in [-0.3, -0.25) is 9.69 Å². The largest absolute Gasteiger partial charge is 0.488 e. The van der Waals surface area contributed by atoms with Crippen LogP contribution in [0.1, 0.15) is 11.1 Å². The van der Waals surface area contributed by atoms with Crippen LogP contribution in [0.2, 0.25) is 0 Å². The zero-order valence-electron chi connectivity index (χ0n) is 17.4. The summed E-state index contributed by atoms with van der Waals surface area (Å²) in [5.41, 5.74) is 2.70. The maximum absolute atomic E-state index is 13.4. The Kier molecular flexibility index (Phi) is 6.31. The molecule has 33 heavy (non-hydrogen) atoms. The van der Waals surface area contributed by atoms with Gasteiger partial charge in [-0.15, -0.1) is 0 Å². The van der Waals surface area contributed by atoms with E-state index in [1.165, 1.54) is 11.8 Å². The number of amides is 1. The van der Waals surface area contributed by atoms with Crippen molar-refractivity contribution in [3.05, 3.63) is 112 Å². The van der Waals surface area contributed by atoms with Gasteiger partial charge >= 0.3 is 0 Å². The van der Waals surface area contributed by atoms with E-state index in [0.717, 1.165) is 32.1 Å². The maximum atomic E-state index is 13.4. The summed E-state index contributed by atoms with van der Waals surface area (Å²) in [5, 5.41) is 2.06. The van der Waals surface area contributed by atoms with Crippen LogP contribution in [-0.2, 0) is 11.4 Å². The fraction of sp³-hybridized carbons (Fsp3) is 0.0370. The Hall–Kier alpha value is -2.93. The van der Waals surface area contributed by atoms with Crippen LogP contribution in [0.5, 0.6) is 5.75 Å². The summed E-state index contributed by atoms with van der Waals surface area (Å²) in [6.07, 6.45) is 1.86. The molecule has 0 saturated carbocycles. The number of thiocarbonyl (C=S) groups is 1. The van der Waals surface area contributed by atoms with E-state index in [2.05, 4.69) is 15.9 Å². The zero-order valence-corrected chi connectivity index (χ0v) is 20.6. The Labute approximate surface area is 210 Å². The molecule has 6 heteroatoms. The summed E-state index contributed by atoms with van der Waals surface area (Å²) in [5.74, 6) is 0.577. The number of rotatable bonds is 5. The molecule has 1 saturated heterocycles. The van der Waals surface area contributed by atoms with Gasteiger partial charge in [0.15, 0.2) is 4.32 Å². The van der Waals surface area contributed by atoms with E-state index in [-0.39, 0.29) is 5.91 Å². The van der Waals surface area contributed by atoms with Crippen molar-refractivity contribution in [3.8, 4) is 5.75 Å². The molecule has 0 radical (unpaired) electrons. The average Bonchev–Trinajstić information content (AvgIpc) is 3.11. The normalized spacial score (nSPS) is 14.9. The van der Waals surface area contributed by atoms with Crippen molar-refractivity contribution in [2.45, 2.75) is 6.61 Å². The third kappa shape index (κ3) is 4.60. The highest BCUT2D eigenvalue weighted by atomic mass is 79.9. The third-order valence-corrected chi connectivity index (χ3v) is 7.09. The summed E-state index contributed by atoms with van der Waals surface area (Å²) >= 11 is 10.5. The molecule has 0 unspecified atom stereocenters. The molecular formula is C27H18BrNO2S2. The van der Waals surface area contributed by atoms with Gasteiger partial charge in [0.25, 0.3) is 5.91 Å². The van der Waals surface area contributed by atoms with E-state index in [1.54, 1.807) is 4.90 Å². The van der Waals surface area contributed by atoms with Crippen molar-refractivity contribution in [1.82, 2.24) is 0 Å². The summed E-state index contributed by atoms with van der Waals surface area (Å²) in [4.78, 5) is 15.6. The monoisotopic (exact) mass is 531 g/mol. The number of hydrogen-bond acceptors (Lipinski definition) is 4. The fourth-order valence-corrected chi connectivity index (χ4v) is 5.37. The third-order valence-electron chi connectivity index (χ3n) is 5.30. The summed E-state index contributed by atoms with van der Waals surface area (Å²) in [6.45, 7) is 0.445. The predicted octanol–water partition coefficient (Wildman–Crippen LogP) is 7.59. The lowest BCUT2D eigenvalue weighted by Gasteiger charge is -2.17. The lowest BCUT2D eigenvalue weighted by Crippen LogP contribution is -2.27. The van der Waals surface area contributed by atoms with Gasteiger partial charge in [0.2, 0.25) is 0 Å². The molecule has 5 rings (SSSR count). The molecule has 0 N–H and O–H groups in total. The SMILES string of the molecule is O=C1/C(=C\c2cc(Br)ccc2OCc2ccccc2)SC(=S)N1c1cccc2ccccc12. The average molecular weight is 532 g/mol. The molecule has 0 aromatic heterocycles. The van der Waals surface area contributed by atoms with E-state index < -0.39 is 0 Å². The van der Waals surface area contributed by atoms with Crippen molar-refractivity contribution in [3.63, 3.8) is 0 Å². The lowest BCUT2D eigenvalue weighted by atomic mass is 10.1. The van der Waals surface area contributed by atoms with Gasteiger partial charge in [-0.25, -0.2) is 0 Å². The van der Waals surface area contributed by atoms with Gasteiger partial charge in [-0.05, 0) is 41.3 Å². The number of fused-ring (bicyclic) bond motifs is 1. The molecule has 1 aliphatic rings. The van der Waals surface area contributed by atoms with Crippen LogP contribution in [0.4, 0.5) is 5.69 Å². The smallest absolute Gasteiger partial charge is 0.270 e. The van der Waals surface area contributed by atoms with Crippen LogP contribution in [0.3, 0.4) is 0 Å². The topological polar surface area (TPSA) is 29.5 Å². The Morgan fingerprint density at radius 3 is 2.55 bits per heavy atom. The predicted molar refractivity (Wildman–Crippen MR) is 145 cm³/mol. The molecule has 0 aliphatic carbocycles. The molecule has 1 heterocycles. The second kappa shape index (κ2) is 9.51. The number of benzene rings is 4. The Morgan fingerprint density at radius 2 is 1.70 bits per heavy atom. The highest BCUT2D eigenvalue weighted by Crippen LogP contribution is 2.40. The van der Waals surface area contributed by atoms with Crippen LogP contribution < -0.4 is 9.64 Å².